The third-order valence-corrected chi connectivity index (χ3v) is 4.59. The molecule has 1 N–H and O–H groups in total. The number of rotatable bonds is 8. The van der Waals surface area contributed by atoms with Gasteiger partial charge in [0, 0.05) is 37.5 Å². The van der Waals surface area contributed by atoms with E-state index in [2.05, 4.69) is 46.0 Å². The summed E-state index contributed by atoms with van der Waals surface area (Å²) in [6.45, 7) is 8.57. The van der Waals surface area contributed by atoms with E-state index in [-0.39, 0.29) is 0 Å². The van der Waals surface area contributed by atoms with Crippen molar-refractivity contribution in [1.82, 2.24) is 3.53 Å². The number of halogens is 1. The summed E-state index contributed by atoms with van der Waals surface area (Å²) < 4.78 is 3.16. The molecule has 0 unspecified atom stereocenters. The van der Waals surface area contributed by atoms with Crippen LogP contribution < -0.4 is 3.53 Å². The molecule has 0 fully saturated rings. The Balaban J connectivity index is 3.00. The molecule has 0 bridgehead atoms. The lowest BCUT2D eigenvalue weighted by Gasteiger charge is -2.14. The van der Waals surface area contributed by atoms with E-state index in [0.717, 1.165) is 0 Å². The van der Waals surface area contributed by atoms with Gasteiger partial charge in [0.25, 0.3) is 0 Å². The third-order valence-electron chi connectivity index (χ3n) is 2.20. The fourth-order valence-corrected chi connectivity index (χ4v) is 3.07. The van der Waals surface area contributed by atoms with Crippen LogP contribution in [-0.2, 0) is 0 Å². The molecule has 0 aliphatic heterocycles. The van der Waals surface area contributed by atoms with Crippen molar-refractivity contribution in [3.05, 3.63) is 0 Å². The molecule has 0 aliphatic carbocycles. The normalized spacial score (nSPS) is 12.0. The Morgan fingerprint density at radius 3 is 2.00 bits per heavy atom. The van der Waals surface area contributed by atoms with E-state index < -0.39 is 8.07 Å². The van der Waals surface area contributed by atoms with Crippen LogP contribution in [0.4, 0.5) is 0 Å². The van der Waals surface area contributed by atoms with Crippen molar-refractivity contribution in [2.24, 2.45) is 0 Å². The topological polar surface area (TPSA) is 12.0 Å². The zero-order valence-electron chi connectivity index (χ0n) is 9.33. The van der Waals surface area contributed by atoms with Gasteiger partial charge in [-0.1, -0.05) is 51.4 Å². The highest BCUT2D eigenvalue weighted by molar-refractivity contribution is 14.1. The van der Waals surface area contributed by atoms with Crippen molar-refractivity contribution in [3.8, 4) is 0 Å². The summed E-state index contributed by atoms with van der Waals surface area (Å²) in [5, 5.41) is 0. The van der Waals surface area contributed by atoms with Crippen LogP contribution in [0.3, 0.4) is 0 Å². The maximum absolute atomic E-state index is 3.16. The first-order valence-electron chi connectivity index (χ1n) is 5.40. The molecule has 80 valence electrons. The van der Waals surface area contributed by atoms with E-state index in [9.17, 15) is 0 Å². The maximum atomic E-state index is 3.16. The second-order valence-electron chi connectivity index (χ2n) is 4.96. The summed E-state index contributed by atoms with van der Waals surface area (Å²) in [6, 6.07) is 1.51. The molecule has 0 atom stereocenters. The summed E-state index contributed by atoms with van der Waals surface area (Å²) in [6.07, 6.45) is 7.10. The molecule has 0 radical (unpaired) electrons. The van der Waals surface area contributed by atoms with Gasteiger partial charge in [-0.05, 0) is 6.42 Å². The van der Waals surface area contributed by atoms with Crippen molar-refractivity contribution >= 4 is 30.9 Å². The number of hydrogen-bond acceptors (Lipinski definition) is 1. The number of nitrogens with one attached hydrogen (secondary N) is 1. The Morgan fingerprint density at radius 2 is 1.46 bits per heavy atom. The van der Waals surface area contributed by atoms with Crippen LogP contribution in [-0.4, -0.2) is 14.6 Å². The lowest BCUT2D eigenvalue weighted by atomic mass is 10.2. The summed E-state index contributed by atoms with van der Waals surface area (Å²) >= 11 is 2.22. The van der Waals surface area contributed by atoms with Crippen LogP contribution in [0, 0.1) is 0 Å². The zero-order chi connectivity index (χ0) is 10.2. The van der Waals surface area contributed by atoms with Gasteiger partial charge < -0.3 is 0 Å². The van der Waals surface area contributed by atoms with E-state index in [0.29, 0.717) is 0 Å². The average Bonchev–Trinajstić information content (AvgIpc) is 2.01. The summed E-state index contributed by atoms with van der Waals surface area (Å²) in [4.78, 5) is 0. The van der Waals surface area contributed by atoms with Crippen LogP contribution in [0.1, 0.15) is 32.1 Å². The first-order chi connectivity index (χ1) is 6.06. The molecular formula is C10H24INSi. The molecule has 0 amide bonds. The Kier molecular flexibility index (Phi) is 8.81. The summed E-state index contributed by atoms with van der Waals surface area (Å²) in [5.74, 6) is 0. The van der Waals surface area contributed by atoms with Gasteiger partial charge in [-0.25, -0.2) is 0 Å². The van der Waals surface area contributed by atoms with Crippen molar-refractivity contribution in [3.63, 3.8) is 0 Å². The SMILES string of the molecule is C[Si](C)(C)CCCCCCCNI. The Labute approximate surface area is 98.6 Å². The highest BCUT2D eigenvalue weighted by Gasteiger charge is 2.11. The molecule has 0 spiro atoms. The highest BCUT2D eigenvalue weighted by atomic mass is 127. The predicted molar refractivity (Wildman–Crippen MR) is 73.3 cm³/mol. The van der Waals surface area contributed by atoms with Crippen LogP contribution in [0.15, 0.2) is 0 Å². The minimum Gasteiger partial charge on any atom is -0.261 e. The third kappa shape index (κ3) is 12.9. The Bertz CT molecular complexity index is 112. The Hall–Kier alpha value is 0.907. The summed E-state index contributed by atoms with van der Waals surface area (Å²) in [5.41, 5.74) is 0. The molecule has 0 aromatic rings. The second-order valence-corrected chi connectivity index (χ2v) is 11.3. The lowest BCUT2D eigenvalue weighted by molar-refractivity contribution is 0.631. The number of hydrogen-bond donors (Lipinski definition) is 1. The van der Waals surface area contributed by atoms with Crippen LogP contribution >= 0.6 is 22.9 Å². The molecule has 1 nitrogen and oxygen atoms in total. The molecule has 13 heavy (non-hydrogen) atoms. The average molecular weight is 313 g/mol. The van der Waals surface area contributed by atoms with Gasteiger partial charge in [0.1, 0.15) is 0 Å². The molecule has 0 aromatic carbocycles. The van der Waals surface area contributed by atoms with E-state index in [4.69, 9.17) is 0 Å². The van der Waals surface area contributed by atoms with Crippen molar-refractivity contribution in [2.45, 2.75) is 57.8 Å². The minimum absolute atomic E-state index is 0.746. The van der Waals surface area contributed by atoms with Gasteiger partial charge >= 0.3 is 0 Å². The fraction of sp³-hybridized carbons (Fsp3) is 1.00. The van der Waals surface area contributed by atoms with Gasteiger partial charge in [0.15, 0.2) is 0 Å². The number of unbranched alkanes of at least 4 members (excludes halogenated alkanes) is 4. The van der Waals surface area contributed by atoms with Crippen LogP contribution in [0.25, 0.3) is 0 Å². The molecular weight excluding hydrogens is 289 g/mol. The second kappa shape index (κ2) is 8.23. The van der Waals surface area contributed by atoms with Crippen LogP contribution in [0.2, 0.25) is 25.7 Å². The van der Waals surface area contributed by atoms with Gasteiger partial charge in [-0.3, -0.25) is 3.53 Å². The molecule has 0 rings (SSSR count). The molecule has 3 heteroatoms. The van der Waals surface area contributed by atoms with E-state index in [1.807, 2.05) is 0 Å². The lowest BCUT2D eigenvalue weighted by Crippen LogP contribution is -2.18. The summed E-state index contributed by atoms with van der Waals surface area (Å²) in [7, 11) is -0.746. The van der Waals surface area contributed by atoms with Gasteiger partial charge in [0.05, 0.1) is 0 Å². The quantitative estimate of drug-likeness (QED) is 0.306. The highest BCUT2D eigenvalue weighted by Crippen LogP contribution is 2.14. The first kappa shape index (κ1) is 13.9. The van der Waals surface area contributed by atoms with Crippen molar-refractivity contribution in [2.75, 3.05) is 6.54 Å². The van der Waals surface area contributed by atoms with Crippen LogP contribution in [0.5, 0.6) is 0 Å². The smallest absolute Gasteiger partial charge is 0.0442 e. The van der Waals surface area contributed by atoms with Crippen molar-refractivity contribution < 1.29 is 0 Å². The Morgan fingerprint density at radius 1 is 0.923 bits per heavy atom. The van der Waals surface area contributed by atoms with E-state index >= 15 is 0 Å². The van der Waals surface area contributed by atoms with Gasteiger partial charge in [-0.2, -0.15) is 0 Å². The molecule has 0 heterocycles. The molecule has 0 saturated carbocycles. The molecule has 0 aliphatic rings. The molecule has 0 saturated heterocycles. The molecule has 0 aromatic heterocycles. The standard InChI is InChI=1S/C10H24INSi/c1-13(2,3)10-8-6-4-5-7-9-12-11/h12H,4-10H2,1-3H3. The first-order valence-corrected chi connectivity index (χ1v) is 10.2. The predicted octanol–water partition coefficient (Wildman–Crippen LogP) is 4.21. The maximum Gasteiger partial charge on any atom is 0.0442 e. The minimum atomic E-state index is -0.746. The monoisotopic (exact) mass is 313 g/mol. The largest absolute Gasteiger partial charge is 0.261 e. The zero-order valence-corrected chi connectivity index (χ0v) is 12.5. The fourth-order valence-electron chi connectivity index (χ4n) is 1.38. The van der Waals surface area contributed by atoms with Crippen molar-refractivity contribution in [1.29, 1.82) is 0 Å². The van der Waals surface area contributed by atoms with Gasteiger partial charge in [0.2, 0.25) is 0 Å². The van der Waals surface area contributed by atoms with Gasteiger partial charge in [-0.15, -0.1) is 0 Å². The van der Waals surface area contributed by atoms with E-state index in [1.165, 1.54) is 44.7 Å². The van der Waals surface area contributed by atoms with E-state index in [1.54, 1.807) is 0 Å².